The van der Waals surface area contributed by atoms with Gasteiger partial charge in [-0.3, -0.25) is 0 Å². The van der Waals surface area contributed by atoms with E-state index in [-0.39, 0.29) is 11.7 Å². The Balaban J connectivity index is 2.81. The van der Waals surface area contributed by atoms with Gasteiger partial charge < -0.3 is 5.73 Å². The molecule has 0 aromatic heterocycles. The first-order valence-corrected chi connectivity index (χ1v) is 8.19. The first-order valence-electron chi connectivity index (χ1n) is 6.18. The van der Waals surface area contributed by atoms with Crippen molar-refractivity contribution in [3.63, 3.8) is 0 Å². The highest BCUT2D eigenvalue weighted by Crippen LogP contribution is 2.12. The van der Waals surface area contributed by atoms with Crippen molar-refractivity contribution in [3.05, 3.63) is 35.9 Å². The highest BCUT2D eigenvalue weighted by Gasteiger charge is 2.23. The average molecular weight is 300 g/mol. The summed E-state index contributed by atoms with van der Waals surface area (Å²) in [5, 5.41) is 0. The quantitative estimate of drug-likeness (QED) is 0.779. The van der Waals surface area contributed by atoms with Gasteiger partial charge >= 0.3 is 0 Å². The Labute approximate surface area is 120 Å². The first kappa shape index (κ1) is 16.1. The van der Waals surface area contributed by atoms with Crippen molar-refractivity contribution in [2.45, 2.75) is 19.6 Å². The highest BCUT2D eigenvalue weighted by molar-refractivity contribution is 7.88. The molecule has 1 rings (SSSR count). The van der Waals surface area contributed by atoms with Crippen molar-refractivity contribution in [1.29, 1.82) is 0 Å². The van der Waals surface area contributed by atoms with Crippen LogP contribution in [0.5, 0.6) is 0 Å². The molecule has 1 unspecified atom stereocenters. The van der Waals surface area contributed by atoms with Crippen LogP contribution in [0.15, 0.2) is 30.3 Å². The van der Waals surface area contributed by atoms with Crippen molar-refractivity contribution in [2.75, 3.05) is 13.1 Å². The molecule has 0 heterocycles. The zero-order valence-corrected chi connectivity index (χ0v) is 12.9. The lowest BCUT2D eigenvalue weighted by Crippen LogP contribution is -2.38. The molecule has 0 saturated heterocycles. The van der Waals surface area contributed by atoms with E-state index in [1.807, 2.05) is 44.2 Å². The number of hydrogen-bond donors (Lipinski definition) is 1. The predicted octanol–water partition coefficient (Wildman–Crippen LogP) is 1.76. The number of benzene rings is 1. The molecule has 0 fully saturated rings. The molecule has 1 aromatic carbocycles. The number of thiocarbonyl (C=S) groups is 1. The van der Waals surface area contributed by atoms with Gasteiger partial charge in [-0.25, -0.2) is 12.7 Å². The van der Waals surface area contributed by atoms with E-state index in [0.29, 0.717) is 18.1 Å². The molecule has 0 amide bonds. The van der Waals surface area contributed by atoms with Crippen LogP contribution in [-0.4, -0.2) is 30.8 Å². The van der Waals surface area contributed by atoms with Crippen molar-refractivity contribution in [3.8, 4) is 0 Å². The third-order valence-corrected chi connectivity index (χ3v) is 5.20. The Morgan fingerprint density at radius 2 is 1.95 bits per heavy atom. The average Bonchev–Trinajstić information content (AvgIpc) is 2.35. The molecule has 1 aromatic rings. The zero-order chi connectivity index (χ0) is 14.5. The Kier molecular flexibility index (Phi) is 5.90. The van der Waals surface area contributed by atoms with Gasteiger partial charge in [0, 0.05) is 19.0 Å². The summed E-state index contributed by atoms with van der Waals surface area (Å²) >= 11 is 4.89. The topological polar surface area (TPSA) is 63.4 Å². The monoisotopic (exact) mass is 300 g/mol. The molecule has 0 spiro atoms. The molecule has 4 nitrogen and oxygen atoms in total. The van der Waals surface area contributed by atoms with Gasteiger partial charge in [0.15, 0.2) is 0 Å². The first-order chi connectivity index (χ1) is 8.86. The van der Waals surface area contributed by atoms with Crippen LogP contribution in [0, 0.1) is 5.92 Å². The second kappa shape index (κ2) is 6.98. The molecule has 0 aliphatic heterocycles. The van der Waals surface area contributed by atoms with Crippen LogP contribution in [0.4, 0.5) is 0 Å². The minimum Gasteiger partial charge on any atom is -0.393 e. The van der Waals surface area contributed by atoms with Gasteiger partial charge in [-0.2, -0.15) is 0 Å². The van der Waals surface area contributed by atoms with E-state index in [2.05, 4.69) is 0 Å². The second-order valence-corrected chi connectivity index (χ2v) is 6.94. The predicted molar refractivity (Wildman–Crippen MR) is 82.3 cm³/mol. The third kappa shape index (κ3) is 4.89. The summed E-state index contributed by atoms with van der Waals surface area (Å²) in [5.41, 5.74) is 6.33. The number of hydrogen-bond acceptors (Lipinski definition) is 3. The van der Waals surface area contributed by atoms with E-state index in [9.17, 15) is 8.42 Å². The standard InChI is InChI=1S/C13H20N2O2S2/c1-3-15(9-11(2)13(14)18)19(16,17)10-12-7-5-4-6-8-12/h4-8,11H,3,9-10H2,1-2H3,(H2,14,18). The molecule has 106 valence electrons. The summed E-state index contributed by atoms with van der Waals surface area (Å²) in [5.74, 6) is -0.119. The lowest BCUT2D eigenvalue weighted by molar-refractivity contribution is 0.405. The highest BCUT2D eigenvalue weighted by atomic mass is 32.2. The van der Waals surface area contributed by atoms with Crippen LogP contribution in [0.3, 0.4) is 0 Å². The lowest BCUT2D eigenvalue weighted by Gasteiger charge is -2.23. The number of rotatable bonds is 7. The van der Waals surface area contributed by atoms with E-state index < -0.39 is 10.0 Å². The van der Waals surface area contributed by atoms with Crippen molar-refractivity contribution in [1.82, 2.24) is 4.31 Å². The van der Waals surface area contributed by atoms with Gasteiger partial charge in [0.25, 0.3) is 0 Å². The fraction of sp³-hybridized carbons (Fsp3) is 0.462. The van der Waals surface area contributed by atoms with E-state index in [1.165, 1.54) is 4.31 Å². The van der Waals surface area contributed by atoms with E-state index in [0.717, 1.165) is 5.56 Å². The van der Waals surface area contributed by atoms with Gasteiger partial charge in [0.1, 0.15) is 0 Å². The molecule has 0 aliphatic carbocycles. The van der Waals surface area contributed by atoms with Crippen LogP contribution < -0.4 is 5.73 Å². The summed E-state index contributed by atoms with van der Waals surface area (Å²) in [4.78, 5) is 0.341. The maximum absolute atomic E-state index is 12.3. The summed E-state index contributed by atoms with van der Waals surface area (Å²) in [6.45, 7) is 4.40. The van der Waals surface area contributed by atoms with Crippen LogP contribution >= 0.6 is 12.2 Å². The molecule has 0 bridgehead atoms. The maximum Gasteiger partial charge on any atom is 0.218 e. The third-order valence-electron chi connectivity index (χ3n) is 2.90. The number of nitrogens with two attached hydrogens (primary N) is 1. The van der Waals surface area contributed by atoms with Gasteiger partial charge in [-0.15, -0.1) is 0 Å². The molecule has 0 radical (unpaired) electrons. The lowest BCUT2D eigenvalue weighted by atomic mass is 10.2. The van der Waals surface area contributed by atoms with Crippen molar-refractivity contribution < 1.29 is 8.42 Å². The van der Waals surface area contributed by atoms with Crippen LogP contribution in [0.1, 0.15) is 19.4 Å². The molecular weight excluding hydrogens is 280 g/mol. The minimum absolute atomic E-state index is 0.00569. The molecule has 6 heteroatoms. The largest absolute Gasteiger partial charge is 0.393 e. The molecule has 0 aliphatic rings. The Bertz CT molecular complexity index is 515. The normalized spacial score (nSPS) is 13.4. The Morgan fingerprint density at radius 1 is 1.37 bits per heavy atom. The van der Waals surface area contributed by atoms with Gasteiger partial charge in [-0.05, 0) is 5.56 Å². The van der Waals surface area contributed by atoms with E-state index in [4.69, 9.17) is 18.0 Å². The van der Waals surface area contributed by atoms with E-state index in [1.54, 1.807) is 0 Å². The second-order valence-electron chi connectivity index (χ2n) is 4.50. The van der Waals surface area contributed by atoms with Crippen molar-refractivity contribution >= 4 is 27.2 Å². The van der Waals surface area contributed by atoms with Gasteiger partial charge in [-0.1, -0.05) is 56.4 Å². The Hall–Kier alpha value is -0.980. The number of nitrogens with zero attached hydrogens (tertiary/aromatic N) is 1. The molecular formula is C13H20N2O2S2. The molecule has 2 N–H and O–H groups in total. The van der Waals surface area contributed by atoms with Gasteiger partial charge in [0.05, 0.1) is 10.7 Å². The summed E-state index contributed by atoms with van der Waals surface area (Å²) in [6, 6.07) is 9.14. The molecule has 1 atom stereocenters. The fourth-order valence-electron chi connectivity index (χ4n) is 1.71. The van der Waals surface area contributed by atoms with Gasteiger partial charge in [0.2, 0.25) is 10.0 Å². The van der Waals surface area contributed by atoms with Crippen LogP contribution in [-0.2, 0) is 15.8 Å². The maximum atomic E-state index is 12.3. The van der Waals surface area contributed by atoms with Crippen LogP contribution in [0.25, 0.3) is 0 Å². The smallest absolute Gasteiger partial charge is 0.218 e. The minimum atomic E-state index is -3.34. The molecule has 0 saturated carbocycles. The van der Waals surface area contributed by atoms with Crippen molar-refractivity contribution in [2.24, 2.45) is 11.7 Å². The fourth-order valence-corrected chi connectivity index (χ4v) is 3.43. The molecule has 19 heavy (non-hydrogen) atoms. The van der Waals surface area contributed by atoms with Crippen LogP contribution in [0.2, 0.25) is 0 Å². The number of sulfonamides is 1. The zero-order valence-electron chi connectivity index (χ0n) is 11.2. The Morgan fingerprint density at radius 3 is 2.42 bits per heavy atom. The summed E-state index contributed by atoms with van der Waals surface area (Å²) in [7, 11) is -3.34. The summed E-state index contributed by atoms with van der Waals surface area (Å²) in [6.07, 6.45) is 0. The SMILES string of the molecule is CCN(CC(C)C(N)=S)S(=O)(=O)Cc1ccccc1. The van der Waals surface area contributed by atoms with E-state index >= 15 is 0 Å². The summed E-state index contributed by atoms with van der Waals surface area (Å²) < 4.78 is 26.1.